The van der Waals surface area contributed by atoms with Crippen LogP contribution in [-0.2, 0) is 0 Å². The van der Waals surface area contributed by atoms with Crippen molar-refractivity contribution in [2.45, 2.75) is 0 Å². The molecule has 0 fully saturated rings. The van der Waals surface area contributed by atoms with Crippen LogP contribution in [-0.4, -0.2) is 8.80 Å². The summed E-state index contributed by atoms with van der Waals surface area (Å²) in [7, 11) is 0. The number of nitrogens with zero attached hydrogens (tertiary/aromatic N) is 2. The Kier molecular flexibility index (Phi) is 9.55. The van der Waals surface area contributed by atoms with Crippen molar-refractivity contribution in [3.05, 3.63) is 243 Å². The first-order valence-electron chi connectivity index (χ1n) is 29.3. The Labute approximate surface area is 513 Å². The van der Waals surface area contributed by atoms with E-state index in [1.165, 1.54) is 48.6 Å². The Balaban J connectivity index is 0.902. The average molecular weight is 1200 g/mol. The second-order valence-electron chi connectivity index (χ2n) is 22.9. The number of hydrogen-bond acceptors (Lipinski definition) is 8. The second kappa shape index (κ2) is 17.6. The molecule has 0 atom stereocenters. The van der Waals surface area contributed by atoms with Gasteiger partial charge in [0, 0.05) is 65.3 Å². The standard InChI is InChI=1S/C78H40N2O4S4/c1-5-25-61-49(13-1)53-21-9-17-45(71(53)81-61)41-29-33-57-65(37-41)85-75-69-77(87-66-38-42(30-34-58(66)79(57)69)46-18-10-22-54-50-14-2-6-26-62(50)82-72(46)54)78-70-76(75)86-67-39-43(47-19-11-23-55-51-15-3-7-27-63(51)83-73(47)55)31-35-59(67)80(70)60-36-32-44(40-68(60)88-78)48-20-12-24-56-52-16-4-8-28-64(52)84-74(48)56/h1-40H. The third kappa shape index (κ3) is 6.53. The number of furan rings is 4. The van der Waals surface area contributed by atoms with Crippen LogP contribution < -0.4 is 0 Å². The van der Waals surface area contributed by atoms with Gasteiger partial charge in [-0.15, -0.1) is 45.3 Å². The average Bonchev–Trinajstić information content (AvgIpc) is 1.04. The molecule has 10 heteroatoms. The molecule has 0 spiro atoms. The Morgan fingerprint density at radius 1 is 0.227 bits per heavy atom. The molecule has 0 radical (unpaired) electrons. The highest BCUT2D eigenvalue weighted by molar-refractivity contribution is 7.36. The Bertz CT molecular complexity index is 5920. The van der Waals surface area contributed by atoms with E-state index in [1.54, 1.807) is 0 Å². The van der Waals surface area contributed by atoms with Crippen molar-refractivity contribution in [3.8, 4) is 44.5 Å². The molecular formula is C78H40N2O4S4. The van der Waals surface area contributed by atoms with Crippen molar-refractivity contribution in [3.63, 3.8) is 0 Å². The van der Waals surface area contributed by atoms with E-state index in [0.29, 0.717) is 0 Å². The number of rotatable bonds is 4. The number of hydrogen-bond donors (Lipinski definition) is 0. The summed E-state index contributed by atoms with van der Waals surface area (Å²) in [5, 5.41) is 8.93. The molecule has 13 aromatic carbocycles. The minimum atomic E-state index is 0.888. The summed E-state index contributed by atoms with van der Waals surface area (Å²) in [6.07, 6.45) is 0. The lowest BCUT2D eigenvalue weighted by molar-refractivity contribution is 0.669. The summed E-state index contributed by atoms with van der Waals surface area (Å²) in [6, 6.07) is 87.7. The van der Waals surface area contributed by atoms with Gasteiger partial charge in [-0.2, -0.15) is 0 Å². The van der Waals surface area contributed by atoms with Crippen LogP contribution in [0.15, 0.2) is 260 Å². The first kappa shape index (κ1) is 47.7. The molecule has 21 rings (SSSR count). The highest BCUT2D eigenvalue weighted by atomic mass is 32.1. The molecule has 8 heterocycles. The fraction of sp³-hybridized carbons (Fsp3) is 0. The molecule has 21 aromatic rings. The summed E-state index contributed by atoms with van der Waals surface area (Å²) in [5.41, 5.74) is 22.8. The van der Waals surface area contributed by atoms with Crippen LogP contribution in [0.25, 0.3) is 203 Å². The maximum absolute atomic E-state index is 6.72. The lowest BCUT2D eigenvalue weighted by Gasteiger charge is -2.21. The minimum Gasteiger partial charge on any atom is -0.455 e. The minimum absolute atomic E-state index is 0.888. The van der Waals surface area contributed by atoms with Gasteiger partial charge >= 0.3 is 0 Å². The van der Waals surface area contributed by atoms with Gasteiger partial charge in [-0.25, -0.2) is 0 Å². The van der Waals surface area contributed by atoms with E-state index < -0.39 is 0 Å². The molecule has 0 N–H and O–H groups in total. The summed E-state index contributed by atoms with van der Waals surface area (Å²) in [5.74, 6) is 0. The van der Waals surface area contributed by atoms with E-state index in [1.807, 2.05) is 69.6 Å². The molecule has 8 aromatic heterocycles. The molecule has 0 aliphatic carbocycles. The number of aromatic nitrogens is 2. The molecule has 0 saturated heterocycles. The van der Waals surface area contributed by atoms with Crippen molar-refractivity contribution in [1.82, 2.24) is 8.80 Å². The van der Waals surface area contributed by atoms with Crippen LogP contribution in [0.5, 0.6) is 0 Å². The lowest BCUT2D eigenvalue weighted by atomic mass is 10.0. The first-order chi connectivity index (χ1) is 43.6. The third-order valence-electron chi connectivity index (χ3n) is 18.2. The highest BCUT2D eigenvalue weighted by Crippen LogP contribution is 2.52. The van der Waals surface area contributed by atoms with Crippen LogP contribution in [0.4, 0.5) is 0 Å². The molecule has 6 nitrogen and oxygen atoms in total. The zero-order chi connectivity index (χ0) is 57.0. The predicted molar refractivity (Wildman–Crippen MR) is 373 cm³/mol. The number of benzene rings is 13. The largest absolute Gasteiger partial charge is 0.455 e. The van der Waals surface area contributed by atoms with Gasteiger partial charge in [0.25, 0.3) is 0 Å². The quantitative estimate of drug-likeness (QED) is 0.130. The smallest absolute Gasteiger partial charge is 0.143 e. The topological polar surface area (TPSA) is 61.4 Å². The van der Waals surface area contributed by atoms with Gasteiger partial charge < -0.3 is 26.5 Å². The van der Waals surface area contributed by atoms with Crippen molar-refractivity contribution in [2.24, 2.45) is 0 Å². The van der Waals surface area contributed by atoms with Gasteiger partial charge in [0.2, 0.25) is 0 Å². The van der Waals surface area contributed by atoms with Crippen LogP contribution in [0.3, 0.4) is 0 Å². The van der Waals surface area contributed by atoms with Crippen LogP contribution in [0.1, 0.15) is 0 Å². The number of para-hydroxylation sites is 8. The molecule has 0 unspecified atom stereocenters. The van der Waals surface area contributed by atoms with Crippen LogP contribution in [0, 0.1) is 0 Å². The summed E-state index contributed by atoms with van der Waals surface area (Å²) in [4.78, 5) is 0. The van der Waals surface area contributed by atoms with E-state index in [9.17, 15) is 0 Å². The van der Waals surface area contributed by atoms with E-state index in [4.69, 9.17) is 17.7 Å². The summed E-state index contributed by atoms with van der Waals surface area (Å²) in [6.45, 7) is 0. The molecule has 410 valence electrons. The first-order valence-corrected chi connectivity index (χ1v) is 32.6. The number of fused-ring (bicyclic) bond motifs is 22. The molecule has 0 saturated carbocycles. The van der Waals surface area contributed by atoms with E-state index in [0.717, 1.165) is 154 Å². The molecule has 0 aliphatic rings. The van der Waals surface area contributed by atoms with E-state index in [-0.39, 0.29) is 0 Å². The monoisotopic (exact) mass is 1200 g/mol. The van der Waals surface area contributed by atoms with Gasteiger partial charge in [-0.05, 0) is 95.1 Å². The van der Waals surface area contributed by atoms with Crippen molar-refractivity contribution >= 4 is 204 Å². The molecule has 0 bridgehead atoms. The molecular weight excluding hydrogens is 1160 g/mol. The summed E-state index contributed by atoms with van der Waals surface area (Å²) >= 11 is 7.56. The third-order valence-corrected chi connectivity index (χ3v) is 23.1. The zero-order valence-corrected chi connectivity index (χ0v) is 49.5. The predicted octanol–water partition coefficient (Wildman–Crippen LogP) is 24.7. The van der Waals surface area contributed by atoms with Gasteiger partial charge in [0.15, 0.2) is 0 Å². The summed E-state index contributed by atoms with van der Waals surface area (Å²) < 4.78 is 41.6. The van der Waals surface area contributed by atoms with Crippen molar-refractivity contribution in [1.29, 1.82) is 0 Å². The van der Waals surface area contributed by atoms with Crippen LogP contribution >= 0.6 is 45.3 Å². The molecule has 0 amide bonds. The molecule has 88 heavy (non-hydrogen) atoms. The maximum atomic E-state index is 6.72. The van der Waals surface area contributed by atoms with Gasteiger partial charge in [0.05, 0.1) is 70.7 Å². The van der Waals surface area contributed by atoms with Gasteiger partial charge in [0.1, 0.15) is 44.7 Å². The van der Waals surface area contributed by atoms with Crippen molar-refractivity contribution in [2.75, 3.05) is 0 Å². The normalized spacial score (nSPS) is 12.5. The maximum Gasteiger partial charge on any atom is 0.143 e. The fourth-order valence-electron chi connectivity index (χ4n) is 14.3. The highest BCUT2D eigenvalue weighted by Gasteiger charge is 2.26. The Morgan fingerprint density at radius 3 is 0.727 bits per heavy atom. The Hall–Kier alpha value is -10.5. The van der Waals surface area contributed by atoms with Gasteiger partial charge in [-0.3, -0.25) is 0 Å². The van der Waals surface area contributed by atoms with Crippen molar-refractivity contribution < 1.29 is 17.7 Å². The van der Waals surface area contributed by atoms with E-state index >= 15 is 0 Å². The molecule has 0 aliphatic heterocycles. The SMILES string of the molecule is c1ccc2c(c1)oc1c(-c3ccc4c(c3)sc3c5sc6cc(-c7cccc8c7oc7ccccc78)ccc6n6c7ccc(-c8cccc9c8oc8ccccc89)cc7sc(c7sc8cc(-c9cccc%10c9oc9ccccc9%10)ccc8n4c37)c56)cccc12. The second-order valence-corrected chi connectivity index (χ2v) is 27.2. The Morgan fingerprint density at radius 2 is 0.466 bits per heavy atom. The fourth-order valence-corrected chi connectivity index (χ4v) is 19.5. The zero-order valence-electron chi connectivity index (χ0n) is 46.3. The van der Waals surface area contributed by atoms with Gasteiger partial charge in [-0.1, -0.05) is 170 Å². The van der Waals surface area contributed by atoms with E-state index in [2.05, 4.69) is 227 Å². The van der Waals surface area contributed by atoms with Crippen LogP contribution in [0.2, 0.25) is 0 Å². The lowest BCUT2D eigenvalue weighted by Crippen LogP contribution is -1.99.